The molecule has 0 bridgehead atoms. The molecule has 0 saturated carbocycles. The van der Waals surface area contributed by atoms with Crippen LogP contribution in [0.4, 0.5) is 5.69 Å². The number of methoxy groups -OCH3 is 1. The van der Waals surface area contributed by atoms with E-state index >= 15 is 0 Å². The largest absolute Gasteiger partial charge is 0.497 e. The topological polar surface area (TPSA) is 55.4 Å². The summed E-state index contributed by atoms with van der Waals surface area (Å²) >= 11 is 13.3. The zero-order chi connectivity index (χ0) is 20.8. The highest BCUT2D eigenvalue weighted by Gasteiger charge is 2.12. The van der Waals surface area contributed by atoms with E-state index in [0.717, 1.165) is 4.90 Å². The summed E-state index contributed by atoms with van der Waals surface area (Å²) in [6, 6.07) is 19.0. The fourth-order valence-electron chi connectivity index (χ4n) is 2.54. The number of halogens is 2. The van der Waals surface area contributed by atoms with Crippen LogP contribution in [0, 0.1) is 0 Å². The second kappa shape index (κ2) is 9.83. The molecule has 3 aromatic carbocycles. The van der Waals surface area contributed by atoms with E-state index in [0.29, 0.717) is 32.6 Å². The number of nitrogens with one attached hydrogen (secondary N) is 1. The first-order chi connectivity index (χ1) is 14.0. The van der Waals surface area contributed by atoms with Gasteiger partial charge in [-0.3, -0.25) is 9.59 Å². The lowest BCUT2D eigenvalue weighted by Crippen LogP contribution is -2.11. The zero-order valence-corrected chi connectivity index (χ0v) is 17.8. The van der Waals surface area contributed by atoms with E-state index in [9.17, 15) is 9.59 Å². The maximum atomic E-state index is 12.4. The van der Waals surface area contributed by atoms with Gasteiger partial charge in [0.1, 0.15) is 5.75 Å². The predicted octanol–water partition coefficient (Wildman–Crippen LogP) is 6.23. The Morgan fingerprint density at radius 1 is 1.00 bits per heavy atom. The van der Waals surface area contributed by atoms with Crippen LogP contribution in [-0.4, -0.2) is 24.6 Å². The van der Waals surface area contributed by atoms with E-state index in [1.165, 1.54) is 11.8 Å². The SMILES string of the molecule is COc1cccc(C(=O)Nc2ccc(SCC(=O)c3ccc(Cl)cc3Cl)cc2)c1. The van der Waals surface area contributed by atoms with E-state index in [4.69, 9.17) is 27.9 Å². The minimum absolute atomic E-state index is 0.0768. The summed E-state index contributed by atoms with van der Waals surface area (Å²) in [7, 11) is 1.55. The number of amides is 1. The molecule has 3 rings (SSSR count). The molecule has 1 N–H and O–H groups in total. The molecule has 1 amide bonds. The van der Waals surface area contributed by atoms with Crippen LogP contribution < -0.4 is 10.1 Å². The minimum Gasteiger partial charge on any atom is -0.497 e. The van der Waals surface area contributed by atoms with Gasteiger partial charge in [0.25, 0.3) is 5.91 Å². The van der Waals surface area contributed by atoms with Crippen LogP contribution in [0.2, 0.25) is 10.0 Å². The molecule has 0 aliphatic heterocycles. The van der Waals surface area contributed by atoms with Crippen molar-refractivity contribution in [3.63, 3.8) is 0 Å². The molecule has 0 saturated heterocycles. The van der Waals surface area contributed by atoms with Gasteiger partial charge in [0.05, 0.1) is 17.9 Å². The van der Waals surface area contributed by atoms with Crippen molar-refractivity contribution in [1.29, 1.82) is 0 Å². The average Bonchev–Trinajstić information content (AvgIpc) is 2.73. The number of thioether (sulfide) groups is 1. The summed E-state index contributed by atoms with van der Waals surface area (Å²) in [5.41, 5.74) is 1.62. The number of ketones is 1. The summed E-state index contributed by atoms with van der Waals surface area (Å²) in [5, 5.41) is 3.68. The number of benzene rings is 3. The lowest BCUT2D eigenvalue weighted by Gasteiger charge is -2.08. The second-order valence-electron chi connectivity index (χ2n) is 6.05. The van der Waals surface area contributed by atoms with Crippen molar-refractivity contribution in [2.24, 2.45) is 0 Å². The van der Waals surface area contributed by atoms with Crippen molar-refractivity contribution in [1.82, 2.24) is 0 Å². The standard InChI is InChI=1S/C22H17Cl2NO3S/c1-28-17-4-2-3-14(11-17)22(27)25-16-6-8-18(9-7-16)29-13-21(26)19-10-5-15(23)12-20(19)24/h2-12H,13H2,1H3,(H,25,27). The van der Waals surface area contributed by atoms with Gasteiger partial charge in [0.15, 0.2) is 5.78 Å². The molecule has 0 atom stereocenters. The van der Waals surface area contributed by atoms with E-state index < -0.39 is 0 Å². The number of hydrogen-bond donors (Lipinski definition) is 1. The van der Waals surface area contributed by atoms with Crippen LogP contribution in [-0.2, 0) is 0 Å². The highest BCUT2D eigenvalue weighted by atomic mass is 35.5. The number of carbonyl (C=O) groups excluding carboxylic acids is 2. The lowest BCUT2D eigenvalue weighted by atomic mass is 10.1. The first-order valence-electron chi connectivity index (χ1n) is 8.63. The van der Waals surface area contributed by atoms with Crippen LogP contribution in [0.3, 0.4) is 0 Å². The maximum Gasteiger partial charge on any atom is 0.255 e. The second-order valence-corrected chi connectivity index (χ2v) is 7.94. The van der Waals surface area contributed by atoms with Gasteiger partial charge in [-0.15, -0.1) is 11.8 Å². The van der Waals surface area contributed by atoms with Crippen molar-refractivity contribution >= 4 is 52.3 Å². The molecule has 0 aromatic heterocycles. The van der Waals surface area contributed by atoms with Crippen molar-refractivity contribution in [3.8, 4) is 5.75 Å². The molecule has 0 aliphatic carbocycles. The van der Waals surface area contributed by atoms with Crippen molar-refractivity contribution in [2.75, 3.05) is 18.2 Å². The summed E-state index contributed by atoms with van der Waals surface area (Å²) in [4.78, 5) is 25.6. The van der Waals surface area contributed by atoms with Crippen molar-refractivity contribution in [3.05, 3.63) is 87.9 Å². The van der Waals surface area contributed by atoms with Gasteiger partial charge in [-0.25, -0.2) is 0 Å². The maximum absolute atomic E-state index is 12.4. The molecular weight excluding hydrogens is 429 g/mol. The monoisotopic (exact) mass is 445 g/mol. The number of ether oxygens (including phenoxy) is 1. The van der Waals surface area contributed by atoms with Crippen LogP contribution in [0.5, 0.6) is 5.75 Å². The summed E-state index contributed by atoms with van der Waals surface area (Å²) in [6.07, 6.45) is 0. The van der Waals surface area contributed by atoms with Crippen molar-refractivity contribution in [2.45, 2.75) is 4.90 Å². The molecule has 0 fully saturated rings. The number of rotatable bonds is 7. The fourth-order valence-corrected chi connectivity index (χ4v) is 3.84. The third-order valence-electron chi connectivity index (χ3n) is 4.05. The minimum atomic E-state index is -0.225. The fraction of sp³-hybridized carbons (Fsp3) is 0.0909. The highest BCUT2D eigenvalue weighted by molar-refractivity contribution is 8.00. The van der Waals surface area contributed by atoms with Crippen LogP contribution >= 0.6 is 35.0 Å². The number of carbonyl (C=O) groups is 2. The number of hydrogen-bond acceptors (Lipinski definition) is 4. The average molecular weight is 446 g/mol. The Balaban J connectivity index is 1.58. The first kappa shape index (κ1) is 21.2. The lowest BCUT2D eigenvalue weighted by molar-refractivity contribution is 0.101. The summed E-state index contributed by atoms with van der Waals surface area (Å²) in [5.74, 6) is 0.565. The number of anilines is 1. The zero-order valence-electron chi connectivity index (χ0n) is 15.4. The Morgan fingerprint density at radius 2 is 1.76 bits per heavy atom. The Kier molecular flexibility index (Phi) is 7.20. The summed E-state index contributed by atoms with van der Waals surface area (Å²) in [6.45, 7) is 0. The van der Waals surface area contributed by atoms with E-state index in [-0.39, 0.29) is 17.4 Å². The number of Topliss-reactive ketones (excluding diaryl/α,β-unsaturated/α-hetero) is 1. The molecule has 3 aromatic rings. The highest BCUT2D eigenvalue weighted by Crippen LogP contribution is 2.25. The molecule has 29 heavy (non-hydrogen) atoms. The Labute approximate surface area is 183 Å². The molecular formula is C22H17Cl2NO3S. The van der Waals surface area contributed by atoms with Crippen LogP contribution in [0.1, 0.15) is 20.7 Å². The smallest absolute Gasteiger partial charge is 0.255 e. The Bertz CT molecular complexity index is 1040. The Morgan fingerprint density at radius 3 is 2.45 bits per heavy atom. The van der Waals surface area contributed by atoms with Crippen LogP contribution in [0.15, 0.2) is 71.6 Å². The third-order valence-corrected chi connectivity index (χ3v) is 5.61. The molecule has 0 radical (unpaired) electrons. The molecule has 7 heteroatoms. The third kappa shape index (κ3) is 5.76. The normalized spacial score (nSPS) is 10.4. The van der Waals surface area contributed by atoms with Crippen molar-refractivity contribution < 1.29 is 14.3 Å². The van der Waals surface area contributed by atoms with Gasteiger partial charge in [-0.1, -0.05) is 29.3 Å². The van der Waals surface area contributed by atoms with Gasteiger partial charge < -0.3 is 10.1 Å². The molecule has 0 spiro atoms. The predicted molar refractivity (Wildman–Crippen MR) is 119 cm³/mol. The van der Waals surface area contributed by atoms with E-state index in [2.05, 4.69) is 5.32 Å². The molecule has 0 heterocycles. The molecule has 0 unspecified atom stereocenters. The molecule has 4 nitrogen and oxygen atoms in total. The van der Waals surface area contributed by atoms with E-state index in [1.807, 2.05) is 12.1 Å². The molecule has 0 aliphatic rings. The first-order valence-corrected chi connectivity index (χ1v) is 10.4. The Hall–Kier alpha value is -2.47. The van der Waals surface area contributed by atoms with Gasteiger partial charge in [-0.2, -0.15) is 0 Å². The molecule has 148 valence electrons. The van der Waals surface area contributed by atoms with Gasteiger partial charge >= 0.3 is 0 Å². The van der Waals surface area contributed by atoms with Gasteiger partial charge in [-0.05, 0) is 60.7 Å². The van der Waals surface area contributed by atoms with E-state index in [1.54, 1.807) is 61.7 Å². The van der Waals surface area contributed by atoms with Gasteiger partial charge in [0, 0.05) is 26.7 Å². The summed E-state index contributed by atoms with van der Waals surface area (Å²) < 4.78 is 5.14. The van der Waals surface area contributed by atoms with Gasteiger partial charge in [0.2, 0.25) is 0 Å². The quantitative estimate of drug-likeness (QED) is 0.345. The van der Waals surface area contributed by atoms with Crippen LogP contribution in [0.25, 0.3) is 0 Å².